The van der Waals surface area contributed by atoms with Gasteiger partial charge in [0.15, 0.2) is 6.10 Å². The van der Waals surface area contributed by atoms with E-state index in [9.17, 15) is 14.4 Å². The van der Waals surface area contributed by atoms with Gasteiger partial charge in [-0.1, -0.05) is 275 Å². The molecule has 0 N–H and O–H groups in total. The number of carbonyl (C=O) groups is 3. The molecule has 414 valence electrons. The molecular formula is C65H118O6. The van der Waals surface area contributed by atoms with Crippen LogP contribution < -0.4 is 0 Å². The van der Waals surface area contributed by atoms with Crippen molar-refractivity contribution < 1.29 is 28.6 Å². The molecule has 0 radical (unpaired) electrons. The Morgan fingerprint density at radius 3 is 0.817 bits per heavy atom. The van der Waals surface area contributed by atoms with Gasteiger partial charge >= 0.3 is 17.9 Å². The average Bonchev–Trinajstić information content (AvgIpc) is 3.37. The number of allylic oxidation sites excluding steroid dienone is 8. The summed E-state index contributed by atoms with van der Waals surface area (Å²) in [5.41, 5.74) is 0. The second kappa shape index (κ2) is 59.9. The first-order valence-electron chi connectivity index (χ1n) is 31.1. The number of hydrogen-bond donors (Lipinski definition) is 0. The molecule has 6 heteroatoms. The molecule has 0 spiro atoms. The Hall–Kier alpha value is -2.63. The zero-order valence-corrected chi connectivity index (χ0v) is 47.5. The molecule has 0 aromatic rings. The van der Waals surface area contributed by atoms with Crippen molar-refractivity contribution in [2.75, 3.05) is 13.2 Å². The monoisotopic (exact) mass is 995 g/mol. The maximum absolute atomic E-state index is 12.9. The highest BCUT2D eigenvalue weighted by Gasteiger charge is 2.19. The van der Waals surface area contributed by atoms with Crippen LogP contribution in [0.4, 0.5) is 0 Å². The lowest BCUT2D eigenvalue weighted by atomic mass is 10.0. The van der Waals surface area contributed by atoms with Crippen molar-refractivity contribution in [2.24, 2.45) is 0 Å². The van der Waals surface area contributed by atoms with E-state index in [4.69, 9.17) is 14.2 Å². The van der Waals surface area contributed by atoms with E-state index in [1.807, 2.05) is 0 Å². The summed E-state index contributed by atoms with van der Waals surface area (Å²) in [6.45, 7) is 6.64. The van der Waals surface area contributed by atoms with Gasteiger partial charge in [0.05, 0.1) is 0 Å². The van der Waals surface area contributed by atoms with E-state index in [1.165, 1.54) is 205 Å². The lowest BCUT2D eigenvalue weighted by Gasteiger charge is -2.18. The fraction of sp³-hybridized carbons (Fsp3) is 0.831. The van der Waals surface area contributed by atoms with Gasteiger partial charge in [0, 0.05) is 19.3 Å². The van der Waals surface area contributed by atoms with Crippen LogP contribution in [0.25, 0.3) is 0 Å². The van der Waals surface area contributed by atoms with Crippen LogP contribution in [0.3, 0.4) is 0 Å². The highest BCUT2D eigenvalue weighted by Crippen LogP contribution is 2.17. The number of rotatable bonds is 57. The maximum Gasteiger partial charge on any atom is 0.306 e. The quantitative estimate of drug-likeness (QED) is 0.0261. The van der Waals surface area contributed by atoms with Gasteiger partial charge in [-0.25, -0.2) is 0 Å². The molecule has 0 bridgehead atoms. The van der Waals surface area contributed by atoms with Crippen LogP contribution in [0.5, 0.6) is 0 Å². The highest BCUT2D eigenvalue weighted by atomic mass is 16.6. The van der Waals surface area contributed by atoms with E-state index in [0.717, 1.165) is 83.5 Å². The van der Waals surface area contributed by atoms with Crippen LogP contribution in [0, 0.1) is 0 Å². The lowest BCUT2D eigenvalue weighted by Crippen LogP contribution is -2.30. The van der Waals surface area contributed by atoms with E-state index in [0.29, 0.717) is 19.3 Å². The minimum Gasteiger partial charge on any atom is -0.462 e. The predicted octanol–water partition coefficient (Wildman–Crippen LogP) is 21.0. The summed E-state index contributed by atoms with van der Waals surface area (Å²) >= 11 is 0. The molecule has 0 aliphatic carbocycles. The number of esters is 3. The molecule has 0 aliphatic heterocycles. The fourth-order valence-corrected chi connectivity index (χ4v) is 9.09. The van der Waals surface area contributed by atoms with Gasteiger partial charge in [0.1, 0.15) is 13.2 Å². The molecule has 0 heterocycles. The fourth-order valence-electron chi connectivity index (χ4n) is 9.09. The molecule has 0 saturated heterocycles. The van der Waals surface area contributed by atoms with Crippen molar-refractivity contribution in [1.29, 1.82) is 0 Å². The normalized spacial score (nSPS) is 12.3. The van der Waals surface area contributed by atoms with Gasteiger partial charge in [0.25, 0.3) is 0 Å². The largest absolute Gasteiger partial charge is 0.462 e. The Labute approximate surface area is 441 Å². The first-order valence-corrected chi connectivity index (χ1v) is 31.1. The summed E-state index contributed by atoms with van der Waals surface area (Å²) in [5.74, 6) is -0.871. The maximum atomic E-state index is 12.9. The van der Waals surface area contributed by atoms with Gasteiger partial charge in [-0.2, -0.15) is 0 Å². The molecule has 0 aromatic heterocycles. The van der Waals surface area contributed by atoms with Gasteiger partial charge in [0.2, 0.25) is 0 Å². The smallest absolute Gasteiger partial charge is 0.306 e. The summed E-state index contributed by atoms with van der Waals surface area (Å²) in [6.07, 6.45) is 73.9. The Balaban J connectivity index is 4.37. The number of carbonyl (C=O) groups excluding carboxylic acids is 3. The van der Waals surface area contributed by atoms with E-state index in [2.05, 4.69) is 69.4 Å². The Kier molecular flexibility index (Phi) is 57.7. The molecule has 1 unspecified atom stereocenters. The standard InChI is InChI=1S/C65H118O6/c1-4-7-10-13-16-19-22-25-28-31-34-37-40-43-46-49-52-55-58-64(67)70-61-62(60-69-63(66)57-54-51-48-45-42-39-36-33-30-27-24-21-18-15-12-9-6-3)71-65(68)59-56-53-50-47-44-41-38-35-32-29-26-23-20-17-14-11-8-5-2/h18-19,21-22,27-28,30-31,62H,4-17,20,23-26,29,32-61H2,1-3H3/b21-18-,22-19-,30-27-,31-28-. The lowest BCUT2D eigenvalue weighted by molar-refractivity contribution is -0.167. The third-order valence-corrected chi connectivity index (χ3v) is 13.8. The van der Waals surface area contributed by atoms with Crippen LogP contribution in [0.15, 0.2) is 48.6 Å². The summed E-state index contributed by atoms with van der Waals surface area (Å²) in [5, 5.41) is 0. The van der Waals surface area contributed by atoms with Crippen molar-refractivity contribution >= 4 is 17.9 Å². The van der Waals surface area contributed by atoms with Crippen molar-refractivity contribution in [3.8, 4) is 0 Å². The van der Waals surface area contributed by atoms with Gasteiger partial charge < -0.3 is 14.2 Å². The van der Waals surface area contributed by atoms with Crippen LogP contribution in [0.2, 0.25) is 0 Å². The minimum atomic E-state index is -0.778. The van der Waals surface area contributed by atoms with E-state index in [-0.39, 0.29) is 31.1 Å². The summed E-state index contributed by atoms with van der Waals surface area (Å²) in [6, 6.07) is 0. The molecule has 6 nitrogen and oxygen atoms in total. The molecule has 0 saturated carbocycles. The molecule has 1 atom stereocenters. The van der Waals surface area contributed by atoms with Gasteiger partial charge in [-0.05, 0) is 83.5 Å². The van der Waals surface area contributed by atoms with Crippen LogP contribution in [0.1, 0.15) is 329 Å². The second-order valence-corrected chi connectivity index (χ2v) is 21.0. The van der Waals surface area contributed by atoms with E-state index in [1.54, 1.807) is 0 Å². The molecule has 0 amide bonds. The van der Waals surface area contributed by atoms with Crippen molar-refractivity contribution in [2.45, 2.75) is 335 Å². The summed E-state index contributed by atoms with van der Waals surface area (Å²) in [4.78, 5) is 38.3. The SMILES string of the molecule is CCCCC/C=C\C/C=C\CCCCCCCCCC(=O)OCC(COC(=O)CCCCCCCCC/C=C\C/C=C\CCCCCC)OC(=O)CCCCCCCCCCCCCCCCCCCC. The zero-order valence-electron chi connectivity index (χ0n) is 47.5. The first-order chi connectivity index (χ1) is 35.0. The average molecular weight is 996 g/mol. The third-order valence-electron chi connectivity index (χ3n) is 13.8. The third kappa shape index (κ3) is 58.1. The topological polar surface area (TPSA) is 78.9 Å². The van der Waals surface area contributed by atoms with Crippen LogP contribution >= 0.6 is 0 Å². The molecule has 0 aromatic carbocycles. The molecule has 0 aliphatic rings. The van der Waals surface area contributed by atoms with Crippen molar-refractivity contribution in [1.82, 2.24) is 0 Å². The molecule has 71 heavy (non-hydrogen) atoms. The van der Waals surface area contributed by atoms with Crippen LogP contribution in [-0.2, 0) is 28.6 Å². The molecule has 0 rings (SSSR count). The second-order valence-electron chi connectivity index (χ2n) is 21.0. The minimum absolute atomic E-state index is 0.0767. The Bertz CT molecular complexity index is 1230. The number of unbranched alkanes of at least 4 members (excludes halogenated alkanes) is 38. The number of hydrogen-bond acceptors (Lipinski definition) is 6. The van der Waals surface area contributed by atoms with Crippen molar-refractivity contribution in [3.05, 3.63) is 48.6 Å². The van der Waals surface area contributed by atoms with Crippen LogP contribution in [-0.4, -0.2) is 37.2 Å². The van der Waals surface area contributed by atoms with E-state index >= 15 is 0 Å². The number of ether oxygens (including phenoxy) is 3. The Morgan fingerprint density at radius 1 is 0.282 bits per heavy atom. The molecule has 0 fully saturated rings. The summed E-state index contributed by atoms with van der Waals surface area (Å²) in [7, 11) is 0. The Morgan fingerprint density at radius 2 is 0.507 bits per heavy atom. The van der Waals surface area contributed by atoms with Crippen molar-refractivity contribution in [3.63, 3.8) is 0 Å². The predicted molar refractivity (Wildman–Crippen MR) is 307 cm³/mol. The first kappa shape index (κ1) is 68.4. The molecular weight excluding hydrogens is 877 g/mol. The van der Waals surface area contributed by atoms with E-state index < -0.39 is 6.10 Å². The van der Waals surface area contributed by atoms with Gasteiger partial charge in [-0.15, -0.1) is 0 Å². The zero-order chi connectivity index (χ0) is 51.4. The highest BCUT2D eigenvalue weighted by molar-refractivity contribution is 5.71. The van der Waals surface area contributed by atoms with Gasteiger partial charge in [-0.3, -0.25) is 14.4 Å². The summed E-state index contributed by atoms with van der Waals surface area (Å²) < 4.78 is 16.9.